The van der Waals surface area contributed by atoms with Crippen LogP contribution in [0.2, 0.25) is 0 Å². The van der Waals surface area contributed by atoms with Gasteiger partial charge in [-0.1, -0.05) is 99.3 Å². The van der Waals surface area contributed by atoms with Crippen LogP contribution in [0.3, 0.4) is 0 Å². The highest BCUT2D eigenvalue weighted by atomic mass is 19.1. The van der Waals surface area contributed by atoms with E-state index in [-0.39, 0.29) is 18.4 Å². The molecule has 0 amide bonds. The van der Waals surface area contributed by atoms with E-state index >= 15 is 4.39 Å². The zero-order valence-electron chi connectivity index (χ0n) is 18.4. The van der Waals surface area contributed by atoms with Gasteiger partial charge >= 0.3 is 0 Å². The molecule has 162 valence electrons. The van der Waals surface area contributed by atoms with E-state index in [1.165, 1.54) is 19.3 Å². The average Bonchev–Trinajstić information content (AvgIpc) is 2.83. The normalized spacial score (nSPS) is 19.8. The minimum absolute atomic E-state index is 0.110. The van der Waals surface area contributed by atoms with Crippen LogP contribution in [0.5, 0.6) is 0 Å². The fraction of sp³-hybridized carbons (Fsp3) is 0.379. The highest BCUT2D eigenvalue weighted by Crippen LogP contribution is 2.43. The highest BCUT2D eigenvalue weighted by molar-refractivity contribution is 5.70. The van der Waals surface area contributed by atoms with E-state index in [1.807, 2.05) is 54.6 Å². The van der Waals surface area contributed by atoms with Gasteiger partial charge in [-0.2, -0.15) is 0 Å². The van der Waals surface area contributed by atoms with Crippen LogP contribution in [0.15, 0.2) is 72.8 Å². The van der Waals surface area contributed by atoms with Crippen LogP contribution in [0.4, 0.5) is 8.78 Å². The van der Waals surface area contributed by atoms with Crippen molar-refractivity contribution < 1.29 is 8.78 Å². The predicted octanol–water partition coefficient (Wildman–Crippen LogP) is 8.82. The number of benzene rings is 3. The maximum Gasteiger partial charge on any atom is 0.131 e. The second-order valence-electron chi connectivity index (χ2n) is 8.88. The minimum atomic E-state index is -0.345. The maximum absolute atomic E-state index is 15.2. The fourth-order valence-electron chi connectivity index (χ4n) is 5.49. The summed E-state index contributed by atoms with van der Waals surface area (Å²) in [5.41, 5.74) is 4.71. The van der Waals surface area contributed by atoms with Crippen molar-refractivity contribution in [2.45, 2.75) is 51.4 Å². The highest BCUT2D eigenvalue weighted by Gasteiger charge is 2.31. The molecule has 31 heavy (non-hydrogen) atoms. The Bertz CT molecular complexity index is 962. The molecule has 2 heteroatoms. The third kappa shape index (κ3) is 4.89. The molecule has 0 aromatic heterocycles. The first-order valence-corrected chi connectivity index (χ1v) is 11.7. The molecule has 3 aromatic rings. The maximum atomic E-state index is 15.2. The van der Waals surface area contributed by atoms with Crippen LogP contribution in [0.25, 0.3) is 22.3 Å². The third-order valence-corrected chi connectivity index (χ3v) is 7.15. The van der Waals surface area contributed by atoms with Crippen LogP contribution in [0, 0.1) is 17.7 Å². The Hall–Kier alpha value is -2.48. The topological polar surface area (TPSA) is 0 Å². The van der Waals surface area contributed by atoms with Gasteiger partial charge in [-0.3, -0.25) is 4.39 Å². The summed E-state index contributed by atoms with van der Waals surface area (Å²) < 4.78 is 28.7. The number of rotatable bonds is 7. The molecule has 1 aliphatic rings. The summed E-state index contributed by atoms with van der Waals surface area (Å²) in [5, 5.41) is 0. The molecule has 0 aliphatic heterocycles. The van der Waals surface area contributed by atoms with Gasteiger partial charge in [0.2, 0.25) is 0 Å². The lowest BCUT2D eigenvalue weighted by molar-refractivity contribution is 0.182. The van der Waals surface area contributed by atoms with Gasteiger partial charge < -0.3 is 0 Å². The van der Waals surface area contributed by atoms with Crippen LogP contribution in [-0.2, 0) is 0 Å². The molecule has 0 bridgehead atoms. The van der Waals surface area contributed by atoms with E-state index in [2.05, 4.69) is 19.1 Å². The van der Waals surface area contributed by atoms with E-state index in [4.69, 9.17) is 0 Å². The lowest BCUT2D eigenvalue weighted by atomic mass is 9.68. The Morgan fingerprint density at radius 3 is 2.19 bits per heavy atom. The largest absolute Gasteiger partial charge is 0.251 e. The Morgan fingerprint density at radius 1 is 0.839 bits per heavy atom. The summed E-state index contributed by atoms with van der Waals surface area (Å²) in [6.45, 7) is 1.89. The first kappa shape index (κ1) is 21.7. The zero-order valence-corrected chi connectivity index (χ0v) is 18.4. The molecule has 1 aliphatic carbocycles. The molecule has 3 unspecified atom stereocenters. The van der Waals surface area contributed by atoms with Crippen molar-refractivity contribution in [1.82, 2.24) is 0 Å². The van der Waals surface area contributed by atoms with E-state index in [0.717, 1.165) is 35.1 Å². The van der Waals surface area contributed by atoms with Crippen molar-refractivity contribution in [3.63, 3.8) is 0 Å². The molecule has 0 nitrogen and oxygen atoms in total. The van der Waals surface area contributed by atoms with Crippen molar-refractivity contribution in [3.05, 3.63) is 84.2 Å². The summed E-state index contributed by atoms with van der Waals surface area (Å²) in [7, 11) is 0. The van der Waals surface area contributed by atoms with Gasteiger partial charge in [0.15, 0.2) is 0 Å². The van der Waals surface area contributed by atoms with Crippen LogP contribution < -0.4 is 0 Å². The fourth-order valence-corrected chi connectivity index (χ4v) is 5.49. The van der Waals surface area contributed by atoms with Crippen LogP contribution in [0.1, 0.15) is 56.9 Å². The van der Waals surface area contributed by atoms with Crippen molar-refractivity contribution in [3.8, 4) is 22.3 Å². The van der Waals surface area contributed by atoms with Gasteiger partial charge in [-0.25, -0.2) is 4.39 Å². The molecule has 0 spiro atoms. The monoisotopic (exact) mass is 418 g/mol. The first-order chi connectivity index (χ1) is 15.2. The average molecular weight is 419 g/mol. The Balaban J connectivity index is 1.59. The van der Waals surface area contributed by atoms with E-state index in [1.54, 1.807) is 6.07 Å². The molecule has 0 saturated heterocycles. The van der Waals surface area contributed by atoms with E-state index in [9.17, 15) is 4.39 Å². The zero-order chi connectivity index (χ0) is 21.6. The number of alkyl halides is 1. The molecule has 0 N–H and O–H groups in total. The Kier molecular flexibility index (Phi) is 7.17. The summed E-state index contributed by atoms with van der Waals surface area (Å²) in [5.74, 6) is 0.986. The lowest BCUT2D eigenvalue weighted by Gasteiger charge is -2.37. The Morgan fingerprint density at radius 2 is 1.52 bits per heavy atom. The van der Waals surface area contributed by atoms with Crippen molar-refractivity contribution in [2.75, 3.05) is 6.67 Å². The van der Waals surface area contributed by atoms with Gasteiger partial charge in [0.25, 0.3) is 0 Å². The SMILES string of the molecule is CCC1CCCCC1C(CCF)c1ccc(-c2ccc(-c3ccccc3)cc2)c(F)c1. The molecular weight excluding hydrogens is 386 g/mol. The third-order valence-electron chi connectivity index (χ3n) is 7.15. The smallest absolute Gasteiger partial charge is 0.131 e. The minimum Gasteiger partial charge on any atom is -0.251 e. The molecule has 1 saturated carbocycles. The van der Waals surface area contributed by atoms with Crippen molar-refractivity contribution in [1.29, 1.82) is 0 Å². The Labute approximate surface area is 185 Å². The molecule has 3 aromatic carbocycles. The van der Waals surface area contributed by atoms with Gasteiger partial charge in [0.05, 0.1) is 6.67 Å². The summed E-state index contributed by atoms with van der Waals surface area (Å²) in [4.78, 5) is 0. The second-order valence-corrected chi connectivity index (χ2v) is 8.88. The predicted molar refractivity (Wildman–Crippen MR) is 126 cm³/mol. The standard InChI is InChI=1S/C29H32F2/c1-2-21-8-6-7-11-26(21)27(18-19-30)25-16-17-28(29(31)20-25)24-14-12-23(13-15-24)22-9-4-3-5-10-22/h3-5,9-10,12-17,20-21,26-27H,2,6-8,11,18-19H2,1H3. The van der Waals surface area contributed by atoms with E-state index in [0.29, 0.717) is 23.8 Å². The molecule has 4 rings (SSSR count). The van der Waals surface area contributed by atoms with Crippen LogP contribution in [-0.4, -0.2) is 6.67 Å². The van der Waals surface area contributed by atoms with Crippen molar-refractivity contribution >= 4 is 0 Å². The van der Waals surface area contributed by atoms with Gasteiger partial charge in [0.1, 0.15) is 5.82 Å². The van der Waals surface area contributed by atoms with Crippen LogP contribution >= 0.6 is 0 Å². The first-order valence-electron chi connectivity index (χ1n) is 11.7. The molecule has 0 heterocycles. The van der Waals surface area contributed by atoms with Gasteiger partial charge in [-0.05, 0) is 58.9 Å². The molecule has 0 radical (unpaired) electrons. The summed E-state index contributed by atoms with van der Waals surface area (Å²) in [6.07, 6.45) is 6.45. The number of hydrogen-bond acceptors (Lipinski definition) is 0. The number of hydrogen-bond donors (Lipinski definition) is 0. The van der Waals surface area contributed by atoms with Gasteiger partial charge in [-0.15, -0.1) is 0 Å². The second kappa shape index (κ2) is 10.2. The molecular formula is C29H32F2. The number of halogens is 2. The summed E-state index contributed by atoms with van der Waals surface area (Å²) in [6, 6.07) is 23.8. The summed E-state index contributed by atoms with van der Waals surface area (Å²) >= 11 is 0. The molecule has 1 fully saturated rings. The van der Waals surface area contributed by atoms with Gasteiger partial charge in [0, 0.05) is 5.56 Å². The lowest BCUT2D eigenvalue weighted by Crippen LogP contribution is -2.26. The van der Waals surface area contributed by atoms with E-state index < -0.39 is 0 Å². The van der Waals surface area contributed by atoms with Crippen molar-refractivity contribution in [2.24, 2.45) is 11.8 Å². The quantitative estimate of drug-likeness (QED) is 0.359. The molecule has 3 atom stereocenters.